The maximum absolute atomic E-state index is 10.4. The molecule has 1 aliphatic carbocycles. The van der Waals surface area contributed by atoms with E-state index in [9.17, 15) is 24.6 Å². The van der Waals surface area contributed by atoms with Gasteiger partial charge in [0.1, 0.15) is 18.0 Å². The number of aliphatic hydroxyl groups is 5. The largest absolute Gasteiger partial charge is 0.481 e. The molecule has 50 heavy (non-hydrogen) atoms. The number of aliphatic hydroxyl groups excluding tert-OH is 5. The molecule has 15 nitrogen and oxygen atoms in total. The van der Waals surface area contributed by atoms with E-state index in [2.05, 4.69) is 6.92 Å². The van der Waals surface area contributed by atoms with E-state index in [1.807, 2.05) is 0 Å². The second-order valence-corrected chi connectivity index (χ2v) is 12.2. The van der Waals surface area contributed by atoms with Crippen LogP contribution in [0.15, 0.2) is 41.3 Å². The minimum atomic E-state index is -1.29. The van der Waals surface area contributed by atoms with E-state index >= 15 is 0 Å². The number of hydrogen-bond acceptors (Lipinski definition) is 11. The zero-order valence-electron chi connectivity index (χ0n) is 28.8. The van der Waals surface area contributed by atoms with Crippen molar-refractivity contribution in [2.24, 2.45) is 5.34 Å². The molecule has 0 aromatic heterocycles. The highest BCUT2D eigenvalue weighted by molar-refractivity contribution is 6.30. The number of carbonyl (C=O) groups is 3. The summed E-state index contributed by atoms with van der Waals surface area (Å²) in [6, 6.07) is 6.62. The van der Waals surface area contributed by atoms with E-state index < -0.39 is 54.5 Å². The van der Waals surface area contributed by atoms with Gasteiger partial charge in [-0.05, 0) is 50.5 Å². The highest BCUT2D eigenvalue weighted by atomic mass is 35.5. The lowest BCUT2D eigenvalue weighted by molar-refractivity contribution is -0.144. The second kappa shape index (κ2) is 30.5. The van der Waals surface area contributed by atoms with Crippen LogP contribution in [-0.4, -0.2) is 101 Å². The van der Waals surface area contributed by atoms with Crippen molar-refractivity contribution < 1.29 is 65.2 Å². The molecule has 0 radical (unpaired) electrons. The van der Waals surface area contributed by atoms with Crippen LogP contribution >= 0.6 is 11.6 Å². The van der Waals surface area contributed by atoms with Crippen molar-refractivity contribution in [3.63, 3.8) is 0 Å². The standard InChI is InChI=1S/C18H36O4.C9H9ClO3.C7H10O5.HNO2/c1-2-3-4-5-7-10-13-16(19)17(20)14-11-8-6-9-12-15-18(21)22;1-6(9(11)12)13-8-4-2-3-7(10)5-8;8-4-1-3(7(11)12)2-5(9)6(4)10;2-1-3/h16-17,19-20H,2-15H2,1H3,(H,21,22);2-6H,1H3,(H,11,12);1,4-6,8-10H,2H2,(H,11,12);(H,2,3)/t;;4-,5-,6-;/m..1./s1. The number of aliphatic carboxylic acids is 3. The molecule has 6 atom stereocenters. The van der Waals surface area contributed by atoms with E-state index in [1.165, 1.54) is 37.9 Å². The van der Waals surface area contributed by atoms with Crippen LogP contribution in [0.2, 0.25) is 5.02 Å². The predicted molar refractivity (Wildman–Crippen MR) is 185 cm³/mol. The molecule has 16 heteroatoms. The normalized spacial score (nSPS) is 18.2. The third kappa shape index (κ3) is 26.5. The summed E-state index contributed by atoms with van der Waals surface area (Å²) in [7, 11) is 0. The van der Waals surface area contributed by atoms with Gasteiger partial charge in [-0.25, -0.2) is 9.59 Å². The van der Waals surface area contributed by atoms with Gasteiger partial charge in [-0.1, -0.05) is 88.8 Å². The van der Waals surface area contributed by atoms with Gasteiger partial charge in [-0.3, -0.25) is 4.79 Å². The van der Waals surface area contributed by atoms with Crippen LogP contribution < -0.4 is 4.74 Å². The summed E-state index contributed by atoms with van der Waals surface area (Å²) in [6.07, 6.45) is 8.45. The minimum Gasteiger partial charge on any atom is -0.481 e. The van der Waals surface area contributed by atoms with Crippen LogP contribution in [0.5, 0.6) is 5.75 Å². The number of ether oxygens (including phenoxy) is 1. The highest BCUT2D eigenvalue weighted by Crippen LogP contribution is 2.20. The molecule has 1 aliphatic rings. The first-order valence-electron chi connectivity index (χ1n) is 16.8. The number of carboxylic acids is 3. The topological polar surface area (TPSA) is 272 Å². The Morgan fingerprint density at radius 1 is 0.880 bits per heavy atom. The number of carboxylic acid groups (broad SMARTS) is 3. The molecule has 2 rings (SSSR count). The van der Waals surface area contributed by atoms with Gasteiger partial charge in [0.05, 0.1) is 18.3 Å². The molecule has 0 aliphatic heterocycles. The zero-order valence-corrected chi connectivity index (χ0v) is 29.6. The maximum Gasteiger partial charge on any atom is 0.344 e. The van der Waals surface area contributed by atoms with Gasteiger partial charge < -0.3 is 50.8 Å². The molecule has 0 saturated carbocycles. The highest BCUT2D eigenvalue weighted by Gasteiger charge is 2.31. The molecule has 9 N–H and O–H groups in total. The van der Waals surface area contributed by atoms with E-state index in [0.29, 0.717) is 23.6 Å². The van der Waals surface area contributed by atoms with Gasteiger partial charge in [0.25, 0.3) is 0 Å². The summed E-state index contributed by atoms with van der Waals surface area (Å²) in [4.78, 5) is 39.3. The monoisotopic (exact) mass is 737 g/mol. The third-order valence-electron chi connectivity index (χ3n) is 7.46. The Balaban J connectivity index is 0. The molecule has 0 amide bonds. The summed E-state index contributed by atoms with van der Waals surface area (Å²) in [5.41, 5.74) is -0.0692. The second-order valence-electron chi connectivity index (χ2n) is 11.8. The fraction of sp³-hybridized carbons (Fsp3) is 0.676. The van der Waals surface area contributed by atoms with E-state index in [-0.39, 0.29) is 18.4 Å². The Bertz CT molecular complexity index is 1110. The van der Waals surface area contributed by atoms with Crippen molar-refractivity contribution >= 4 is 29.5 Å². The maximum atomic E-state index is 10.4. The van der Waals surface area contributed by atoms with Crippen LogP contribution in [-0.2, 0) is 14.4 Å². The number of hydrogen-bond donors (Lipinski definition) is 9. The van der Waals surface area contributed by atoms with Crippen LogP contribution in [0.3, 0.4) is 0 Å². The number of nitrogens with zero attached hydrogens (tertiary/aromatic N) is 1. The number of rotatable bonds is 20. The van der Waals surface area contributed by atoms with Gasteiger partial charge in [0.15, 0.2) is 11.4 Å². The minimum absolute atomic E-state index is 0.0692. The predicted octanol–water partition coefficient (Wildman–Crippen LogP) is 5.09. The summed E-state index contributed by atoms with van der Waals surface area (Å²) < 4.78 is 5.07. The molecule has 0 fully saturated rings. The van der Waals surface area contributed by atoms with Gasteiger partial charge in [0, 0.05) is 23.4 Å². The number of benzene rings is 1. The van der Waals surface area contributed by atoms with Crippen molar-refractivity contribution in [2.45, 2.75) is 147 Å². The van der Waals surface area contributed by atoms with Gasteiger partial charge in [-0.15, -0.1) is 4.91 Å². The van der Waals surface area contributed by atoms with Crippen molar-refractivity contribution in [2.75, 3.05) is 0 Å². The fourth-order valence-corrected chi connectivity index (χ4v) is 4.76. The third-order valence-corrected chi connectivity index (χ3v) is 7.70. The summed E-state index contributed by atoms with van der Waals surface area (Å²) in [5.74, 6) is -2.45. The van der Waals surface area contributed by atoms with Gasteiger partial charge in [0.2, 0.25) is 0 Å². The van der Waals surface area contributed by atoms with Gasteiger partial charge >= 0.3 is 17.9 Å². The van der Waals surface area contributed by atoms with Crippen molar-refractivity contribution in [1.82, 2.24) is 0 Å². The fourth-order valence-electron chi connectivity index (χ4n) is 4.58. The molecule has 0 bridgehead atoms. The van der Waals surface area contributed by atoms with E-state index in [0.717, 1.165) is 51.0 Å². The first-order valence-corrected chi connectivity index (χ1v) is 17.2. The summed E-state index contributed by atoms with van der Waals surface area (Å²) in [5, 5.41) is 80.9. The Morgan fingerprint density at radius 2 is 1.38 bits per heavy atom. The Labute approximate surface area is 298 Å². The molecular formula is C34H56ClNO14. The number of halogens is 1. The molecule has 288 valence electrons. The molecule has 1 aromatic carbocycles. The quantitative estimate of drug-likeness (QED) is 0.0479. The van der Waals surface area contributed by atoms with E-state index in [4.69, 9.17) is 57.1 Å². The Kier molecular flexibility index (Phi) is 29.7. The SMILES string of the molecule is CC(Oc1cccc(Cl)c1)C(=O)O.CCCCCCCCC(O)C(O)CCCCCCCC(=O)O.O=C(O)C1=C[C@@H](O)[C@@H](O)[C@H](O)C1.O=NO. The Morgan fingerprint density at radius 3 is 1.82 bits per heavy atom. The lowest BCUT2D eigenvalue weighted by atomic mass is 9.92. The lowest BCUT2D eigenvalue weighted by Gasteiger charge is -2.25. The van der Waals surface area contributed by atoms with Crippen LogP contribution in [0.4, 0.5) is 0 Å². The molecule has 3 unspecified atom stereocenters. The average molecular weight is 738 g/mol. The molecule has 1 aromatic rings. The Hall–Kier alpha value is -3.34. The van der Waals surface area contributed by atoms with Crippen molar-refractivity contribution in [1.29, 1.82) is 0 Å². The van der Waals surface area contributed by atoms with Crippen molar-refractivity contribution in [3.05, 3.63) is 45.8 Å². The summed E-state index contributed by atoms with van der Waals surface area (Å²) in [6.45, 7) is 3.66. The van der Waals surface area contributed by atoms with Crippen LogP contribution in [0.1, 0.15) is 110 Å². The van der Waals surface area contributed by atoms with Gasteiger partial charge in [-0.2, -0.15) is 0 Å². The molecule has 0 spiro atoms. The molecular weight excluding hydrogens is 682 g/mol. The number of unbranched alkanes of at least 4 members (excludes halogenated alkanes) is 9. The first-order chi connectivity index (χ1) is 23.6. The summed E-state index contributed by atoms with van der Waals surface area (Å²) >= 11 is 5.68. The first kappa shape index (κ1) is 48.8. The molecule has 0 heterocycles. The van der Waals surface area contributed by atoms with E-state index in [1.54, 1.807) is 24.3 Å². The van der Waals surface area contributed by atoms with Crippen LogP contribution in [0, 0.1) is 4.91 Å². The average Bonchev–Trinajstić information content (AvgIpc) is 3.05. The molecule has 0 saturated heterocycles. The zero-order chi connectivity index (χ0) is 38.5. The van der Waals surface area contributed by atoms with Crippen molar-refractivity contribution in [3.8, 4) is 5.75 Å². The lowest BCUT2D eigenvalue weighted by Crippen LogP contribution is -2.40. The smallest absolute Gasteiger partial charge is 0.344 e. The van der Waals surface area contributed by atoms with Crippen LogP contribution in [0.25, 0.3) is 0 Å².